The largest absolute Gasteiger partial charge is 0.496 e. The average Bonchev–Trinajstić information content (AvgIpc) is 2.49. The van der Waals surface area contributed by atoms with Crippen molar-refractivity contribution in [2.24, 2.45) is 5.73 Å². The maximum absolute atomic E-state index is 6.01. The molecule has 4 nitrogen and oxygen atoms in total. The van der Waals surface area contributed by atoms with Gasteiger partial charge in [-0.3, -0.25) is 4.90 Å². The van der Waals surface area contributed by atoms with Crippen LogP contribution in [0.3, 0.4) is 0 Å². The number of hydrogen-bond acceptors (Lipinski definition) is 4. The third-order valence-corrected chi connectivity index (χ3v) is 3.77. The van der Waals surface area contributed by atoms with Gasteiger partial charge >= 0.3 is 0 Å². The lowest BCUT2D eigenvalue weighted by molar-refractivity contribution is 0.0174. The van der Waals surface area contributed by atoms with E-state index in [4.69, 9.17) is 15.2 Å². The number of rotatable bonds is 5. The zero-order chi connectivity index (χ0) is 13.7. The number of ether oxygens (including phenoxy) is 2. The van der Waals surface area contributed by atoms with Crippen molar-refractivity contribution in [1.29, 1.82) is 0 Å². The van der Waals surface area contributed by atoms with E-state index in [2.05, 4.69) is 30.0 Å². The SMILES string of the molecule is CCc1ccc(OC)c(C(CN)N2CCOCC2)c1. The number of aryl methyl sites for hydroxylation is 1. The van der Waals surface area contributed by atoms with Gasteiger partial charge in [-0.05, 0) is 18.1 Å². The zero-order valence-corrected chi connectivity index (χ0v) is 11.9. The van der Waals surface area contributed by atoms with Gasteiger partial charge in [-0.2, -0.15) is 0 Å². The molecule has 1 aliphatic heterocycles. The monoisotopic (exact) mass is 264 g/mol. The molecule has 0 aromatic heterocycles. The summed E-state index contributed by atoms with van der Waals surface area (Å²) < 4.78 is 10.9. The highest BCUT2D eigenvalue weighted by atomic mass is 16.5. The molecule has 0 spiro atoms. The molecule has 1 unspecified atom stereocenters. The van der Waals surface area contributed by atoms with E-state index in [9.17, 15) is 0 Å². The number of nitrogens with two attached hydrogens (primary N) is 1. The lowest BCUT2D eigenvalue weighted by Crippen LogP contribution is -2.42. The Morgan fingerprint density at radius 2 is 2.11 bits per heavy atom. The summed E-state index contributed by atoms with van der Waals surface area (Å²) in [5, 5.41) is 0. The van der Waals surface area contributed by atoms with Crippen LogP contribution >= 0.6 is 0 Å². The van der Waals surface area contributed by atoms with E-state index in [0.717, 1.165) is 38.5 Å². The van der Waals surface area contributed by atoms with E-state index in [0.29, 0.717) is 6.54 Å². The highest BCUT2D eigenvalue weighted by Crippen LogP contribution is 2.30. The van der Waals surface area contributed by atoms with Gasteiger partial charge < -0.3 is 15.2 Å². The smallest absolute Gasteiger partial charge is 0.123 e. The predicted octanol–water partition coefficient (Wildman–Crippen LogP) is 1.59. The first kappa shape index (κ1) is 14.3. The van der Waals surface area contributed by atoms with E-state index < -0.39 is 0 Å². The van der Waals surface area contributed by atoms with Crippen LogP contribution in [-0.2, 0) is 11.2 Å². The Morgan fingerprint density at radius 3 is 2.68 bits per heavy atom. The summed E-state index contributed by atoms with van der Waals surface area (Å²) >= 11 is 0. The van der Waals surface area contributed by atoms with Crippen molar-refractivity contribution in [3.05, 3.63) is 29.3 Å². The third-order valence-electron chi connectivity index (χ3n) is 3.77. The van der Waals surface area contributed by atoms with Gasteiger partial charge in [0.1, 0.15) is 5.75 Å². The number of nitrogens with zero attached hydrogens (tertiary/aromatic N) is 1. The zero-order valence-electron chi connectivity index (χ0n) is 11.9. The van der Waals surface area contributed by atoms with E-state index in [1.807, 2.05) is 0 Å². The molecule has 4 heteroatoms. The van der Waals surface area contributed by atoms with Gasteiger partial charge in [-0.1, -0.05) is 19.1 Å². The Hall–Kier alpha value is -1.10. The molecule has 2 rings (SSSR count). The van der Waals surface area contributed by atoms with E-state index in [-0.39, 0.29) is 6.04 Å². The van der Waals surface area contributed by atoms with Crippen LogP contribution in [0.5, 0.6) is 5.75 Å². The van der Waals surface area contributed by atoms with Crippen LogP contribution in [0, 0.1) is 0 Å². The van der Waals surface area contributed by atoms with E-state index in [1.165, 1.54) is 11.1 Å². The fraction of sp³-hybridized carbons (Fsp3) is 0.600. The summed E-state index contributed by atoms with van der Waals surface area (Å²) in [7, 11) is 1.72. The maximum Gasteiger partial charge on any atom is 0.123 e. The molecular weight excluding hydrogens is 240 g/mol. The maximum atomic E-state index is 6.01. The van der Waals surface area contributed by atoms with Crippen molar-refractivity contribution >= 4 is 0 Å². The van der Waals surface area contributed by atoms with Gasteiger partial charge in [-0.15, -0.1) is 0 Å². The van der Waals surface area contributed by atoms with Crippen molar-refractivity contribution in [2.45, 2.75) is 19.4 Å². The topological polar surface area (TPSA) is 47.7 Å². The number of hydrogen-bond donors (Lipinski definition) is 1. The second-order valence-corrected chi connectivity index (χ2v) is 4.83. The number of methoxy groups -OCH3 is 1. The molecule has 1 atom stereocenters. The van der Waals surface area contributed by atoms with E-state index >= 15 is 0 Å². The number of morpholine rings is 1. The quantitative estimate of drug-likeness (QED) is 0.877. The Bertz CT molecular complexity index is 403. The predicted molar refractivity (Wildman–Crippen MR) is 76.6 cm³/mol. The second kappa shape index (κ2) is 6.89. The summed E-state index contributed by atoms with van der Waals surface area (Å²) in [4.78, 5) is 2.39. The lowest BCUT2D eigenvalue weighted by Gasteiger charge is -2.34. The van der Waals surface area contributed by atoms with Crippen molar-refractivity contribution in [3.8, 4) is 5.75 Å². The molecule has 1 aromatic rings. The van der Waals surface area contributed by atoms with Crippen LogP contribution in [0.1, 0.15) is 24.1 Å². The molecule has 0 radical (unpaired) electrons. The first-order valence-corrected chi connectivity index (χ1v) is 6.98. The molecule has 1 saturated heterocycles. The average molecular weight is 264 g/mol. The van der Waals surface area contributed by atoms with Crippen molar-refractivity contribution in [1.82, 2.24) is 4.90 Å². The number of benzene rings is 1. The van der Waals surface area contributed by atoms with Crippen LogP contribution in [0.4, 0.5) is 0 Å². The molecule has 1 aliphatic rings. The summed E-state index contributed by atoms with van der Waals surface area (Å²) in [5.74, 6) is 0.930. The highest BCUT2D eigenvalue weighted by Gasteiger charge is 2.24. The minimum Gasteiger partial charge on any atom is -0.496 e. The first-order chi connectivity index (χ1) is 9.30. The molecular formula is C15H24N2O2. The molecule has 106 valence electrons. The molecule has 1 aromatic carbocycles. The second-order valence-electron chi connectivity index (χ2n) is 4.83. The summed E-state index contributed by atoms with van der Waals surface area (Å²) in [5.41, 5.74) is 8.53. The van der Waals surface area contributed by atoms with Crippen molar-refractivity contribution < 1.29 is 9.47 Å². The summed E-state index contributed by atoms with van der Waals surface area (Å²) in [6.45, 7) is 6.20. The molecule has 1 fully saturated rings. The third kappa shape index (κ3) is 3.26. The molecule has 0 aliphatic carbocycles. The van der Waals surface area contributed by atoms with Crippen LogP contribution in [0.25, 0.3) is 0 Å². The summed E-state index contributed by atoms with van der Waals surface area (Å²) in [6.07, 6.45) is 1.03. The molecule has 1 heterocycles. The fourth-order valence-corrected chi connectivity index (χ4v) is 2.63. The Kier molecular flexibility index (Phi) is 5.19. The van der Waals surface area contributed by atoms with Gasteiger partial charge in [-0.25, -0.2) is 0 Å². The fourth-order valence-electron chi connectivity index (χ4n) is 2.63. The first-order valence-electron chi connectivity index (χ1n) is 6.98. The molecule has 0 amide bonds. The standard InChI is InChI=1S/C15H24N2O2/c1-3-12-4-5-15(18-2)13(10-12)14(11-16)17-6-8-19-9-7-17/h4-5,10,14H,3,6-9,11,16H2,1-2H3. The van der Waals surface area contributed by atoms with Crippen molar-refractivity contribution in [3.63, 3.8) is 0 Å². The van der Waals surface area contributed by atoms with Gasteiger partial charge in [0.2, 0.25) is 0 Å². The van der Waals surface area contributed by atoms with Gasteiger partial charge in [0, 0.05) is 25.2 Å². The Balaban J connectivity index is 2.29. The molecule has 0 saturated carbocycles. The normalized spacial score (nSPS) is 18.3. The van der Waals surface area contributed by atoms with Crippen LogP contribution in [-0.4, -0.2) is 44.9 Å². The van der Waals surface area contributed by atoms with Crippen LogP contribution < -0.4 is 10.5 Å². The Morgan fingerprint density at radius 1 is 1.37 bits per heavy atom. The molecule has 0 bridgehead atoms. The van der Waals surface area contributed by atoms with Gasteiger partial charge in [0.05, 0.1) is 26.4 Å². The van der Waals surface area contributed by atoms with Crippen molar-refractivity contribution in [2.75, 3.05) is 40.0 Å². The Labute approximate surface area is 115 Å². The van der Waals surface area contributed by atoms with Gasteiger partial charge in [0.25, 0.3) is 0 Å². The minimum absolute atomic E-state index is 0.213. The summed E-state index contributed by atoms with van der Waals surface area (Å²) in [6, 6.07) is 6.61. The highest BCUT2D eigenvalue weighted by molar-refractivity contribution is 5.40. The minimum atomic E-state index is 0.213. The van der Waals surface area contributed by atoms with E-state index in [1.54, 1.807) is 7.11 Å². The molecule has 19 heavy (non-hydrogen) atoms. The lowest BCUT2D eigenvalue weighted by atomic mass is 10.00. The van der Waals surface area contributed by atoms with Gasteiger partial charge in [0.15, 0.2) is 0 Å². The van der Waals surface area contributed by atoms with Crippen LogP contribution in [0.15, 0.2) is 18.2 Å². The van der Waals surface area contributed by atoms with Crippen LogP contribution in [0.2, 0.25) is 0 Å². The molecule has 2 N–H and O–H groups in total.